The van der Waals surface area contributed by atoms with Gasteiger partial charge >= 0.3 is 0 Å². The van der Waals surface area contributed by atoms with E-state index in [1.54, 1.807) is 29.2 Å². The molecule has 0 bridgehead atoms. The molecule has 0 saturated heterocycles. The first-order valence-electron chi connectivity index (χ1n) is 12.0. The lowest BCUT2D eigenvalue weighted by molar-refractivity contribution is -0.126. The van der Waals surface area contributed by atoms with Crippen molar-refractivity contribution in [2.24, 2.45) is 4.99 Å². The molecule has 0 aliphatic carbocycles. The van der Waals surface area contributed by atoms with E-state index in [-0.39, 0.29) is 12.5 Å². The third-order valence-corrected chi connectivity index (χ3v) is 7.11. The number of carbonyl (C=O) groups is 1. The maximum absolute atomic E-state index is 14.2. The average Bonchev–Trinajstić information content (AvgIpc) is 3.27. The maximum atomic E-state index is 14.2. The van der Waals surface area contributed by atoms with Crippen molar-refractivity contribution in [1.29, 1.82) is 0 Å². The number of carbonyl (C=O) groups excluding carboxylic acids is 1. The highest BCUT2D eigenvalue weighted by Gasteiger charge is 2.57. The van der Waals surface area contributed by atoms with Crippen molar-refractivity contribution in [2.75, 3.05) is 24.7 Å². The van der Waals surface area contributed by atoms with Gasteiger partial charge in [-0.25, -0.2) is 4.99 Å². The molecule has 0 aromatic heterocycles. The number of halogens is 2. The first-order chi connectivity index (χ1) is 18.0. The highest BCUT2D eigenvalue weighted by Crippen LogP contribution is 2.49. The number of aliphatic hydroxyl groups is 1. The van der Waals surface area contributed by atoms with Crippen LogP contribution in [0.15, 0.2) is 84.4 Å². The van der Waals surface area contributed by atoms with Gasteiger partial charge in [-0.2, -0.15) is 0 Å². The fourth-order valence-electron chi connectivity index (χ4n) is 4.83. The first kappa shape index (κ1) is 25.3. The minimum atomic E-state index is -1.26. The van der Waals surface area contributed by atoms with Gasteiger partial charge in [-0.05, 0) is 48.0 Å². The standard InChI is InChI=1S/C29H26Cl2N2O4/c1-2-14-33-25-7-4-3-6-20(25)18-29(28(33)35)26(23-13-10-21(30)17-24(23)31)37-27(32-29)19-8-11-22(12-9-19)36-16-5-15-34/h2-4,6-13,17,26,34H,1,5,14-16,18H2/t26-,29-/m0/s1. The van der Waals surface area contributed by atoms with Crippen LogP contribution >= 0.6 is 23.2 Å². The lowest BCUT2D eigenvalue weighted by Gasteiger charge is -2.40. The van der Waals surface area contributed by atoms with Gasteiger partial charge in [-0.1, -0.05) is 53.5 Å². The molecule has 2 atom stereocenters. The quantitative estimate of drug-likeness (QED) is 0.292. The van der Waals surface area contributed by atoms with Crippen molar-refractivity contribution in [3.63, 3.8) is 0 Å². The molecule has 6 nitrogen and oxygen atoms in total. The van der Waals surface area contributed by atoms with Crippen molar-refractivity contribution < 1.29 is 19.4 Å². The molecule has 2 heterocycles. The van der Waals surface area contributed by atoms with E-state index in [0.717, 1.165) is 11.3 Å². The summed E-state index contributed by atoms with van der Waals surface area (Å²) in [5, 5.41) is 9.87. The van der Waals surface area contributed by atoms with E-state index in [1.165, 1.54) is 0 Å². The maximum Gasteiger partial charge on any atom is 0.259 e. The molecule has 3 aromatic rings. The molecule has 37 heavy (non-hydrogen) atoms. The third kappa shape index (κ3) is 4.73. The fourth-order valence-corrected chi connectivity index (χ4v) is 5.33. The number of anilines is 1. The van der Waals surface area contributed by atoms with E-state index >= 15 is 0 Å². The molecule has 1 amide bonds. The largest absolute Gasteiger partial charge is 0.494 e. The molecule has 8 heteroatoms. The Morgan fingerprint density at radius 2 is 1.95 bits per heavy atom. The summed E-state index contributed by atoms with van der Waals surface area (Å²) in [5.41, 5.74) is 1.91. The van der Waals surface area contributed by atoms with Crippen molar-refractivity contribution in [3.8, 4) is 5.75 Å². The number of para-hydroxylation sites is 1. The summed E-state index contributed by atoms with van der Waals surface area (Å²) in [4.78, 5) is 20.9. The Morgan fingerprint density at radius 3 is 2.68 bits per heavy atom. The lowest BCUT2D eigenvalue weighted by Crippen LogP contribution is -2.55. The average molecular weight is 537 g/mol. The molecule has 190 valence electrons. The summed E-state index contributed by atoms with van der Waals surface area (Å²) >= 11 is 12.8. The second-order valence-electron chi connectivity index (χ2n) is 8.96. The fraction of sp³-hybridized carbons (Fsp3) is 0.241. The number of ether oxygens (including phenoxy) is 2. The zero-order chi connectivity index (χ0) is 26.0. The minimum absolute atomic E-state index is 0.0689. The molecule has 5 rings (SSSR count). The SMILES string of the molecule is C=CCN1C(=O)[C@@]2(Cc3ccccc31)N=C(c1ccc(OCCCO)cc1)O[C@H]2c1ccc(Cl)cc1Cl. The summed E-state index contributed by atoms with van der Waals surface area (Å²) in [6.07, 6.45) is 1.84. The van der Waals surface area contributed by atoms with E-state index in [1.807, 2.05) is 48.5 Å². The molecule has 0 fully saturated rings. The van der Waals surface area contributed by atoms with Crippen LogP contribution in [0.2, 0.25) is 10.0 Å². The molecule has 0 radical (unpaired) electrons. The Hall–Kier alpha value is -3.32. The summed E-state index contributed by atoms with van der Waals surface area (Å²) in [6, 6.07) is 20.3. The number of aliphatic imine (C=N–C) groups is 1. The van der Waals surface area contributed by atoms with E-state index in [9.17, 15) is 4.79 Å². The lowest BCUT2D eigenvalue weighted by atomic mass is 9.78. The van der Waals surface area contributed by atoms with Crippen molar-refractivity contribution in [1.82, 2.24) is 0 Å². The Bertz CT molecular complexity index is 1360. The topological polar surface area (TPSA) is 71.4 Å². The van der Waals surface area contributed by atoms with Gasteiger partial charge in [0.1, 0.15) is 5.75 Å². The summed E-state index contributed by atoms with van der Waals surface area (Å²) < 4.78 is 12.1. The highest BCUT2D eigenvalue weighted by molar-refractivity contribution is 6.35. The number of hydrogen-bond acceptors (Lipinski definition) is 5. The predicted molar refractivity (Wildman–Crippen MR) is 146 cm³/mol. The van der Waals surface area contributed by atoms with Crippen LogP contribution in [0.5, 0.6) is 5.75 Å². The van der Waals surface area contributed by atoms with Crippen LogP contribution < -0.4 is 9.64 Å². The highest BCUT2D eigenvalue weighted by atomic mass is 35.5. The molecule has 0 saturated carbocycles. The van der Waals surface area contributed by atoms with E-state index in [2.05, 4.69) is 6.58 Å². The second-order valence-corrected chi connectivity index (χ2v) is 9.81. The van der Waals surface area contributed by atoms with Gasteiger partial charge < -0.3 is 19.5 Å². The molecule has 0 unspecified atom stereocenters. The molecule has 3 aromatic carbocycles. The van der Waals surface area contributed by atoms with Gasteiger partial charge in [-0.15, -0.1) is 6.58 Å². The van der Waals surface area contributed by atoms with Crippen LogP contribution in [0.1, 0.15) is 29.2 Å². The number of benzene rings is 3. The predicted octanol–water partition coefficient (Wildman–Crippen LogP) is 5.79. The number of nitrogens with zero attached hydrogens (tertiary/aromatic N) is 2. The number of amides is 1. The van der Waals surface area contributed by atoms with Crippen LogP contribution in [0.4, 0.5) is 5.69 Å². The molecule has 1 spiro atoms. The van der Waals surface area contributed by atoms with Crippen molar-refractivity contribution in [3.05, 3.63) is 106 Å². The van der Waals surface area contributed by atoms with Gasteiger partial charge in [0.15, 0.2) is 11.6 Å². The molecular formula is C29H26Cl2N2O4. The normalized spacial score (nSPS) is 20.4. The van der Waals surface area contributed by atoms with Gasteiger partial charge in [0.05, 0.1) is 6.61 Å². The van der Waals surface area contributed by atoms with E-state index in [0.29, 0.717) is 58.8 Å². The zero-order valence-electron chi connectivity index (χ0n) is 20.1. The van der Waals surface area contributed by atoms with Crippen LogP contribution in [-0.2, 0) is 16.0 Å². The van der Waals surface area contributed by atoms with Gasteiger partial charge in [0.2, 0.25) is 5.90 Å². The van der Waals surface area contributed by atoms with Gasteiger partial charge in [0, 0.05) is 52.9 Å². The minimum Gasteiger partial charge on any atom is -0.494 e. The summed E-state index contributed by atoms with van der Waals surface area (Å²) in [6.45, 7) is 4.68. The Kier molecular flexibility index (Phi) is 7.24. The number of rotatable bonds is 8. The molecule has 1 N–H and O–H groups in total. The van der Waals surface area contributed by atoms with Gasteiger partial charge in [0.25, 0.3) is 5.91 Å². The second kappa shape index (κ2) is 10.6. The molecular weight excluding hydrogens is 511 g/mol. The smallest absolute Gasteiger partial charge is 0.259 e. The van der Waals surface area contributed by atoms with Crippen molar-refractivity contribution in [2.45, 2.75) is 24.5 Å². The van der Waals surface area contributed by atoms with E-state index < -0.39 is 11.6 Å². The molecule has 2 aliphatic rings. The van der Waals surface area contributed by atoms with Crippen LogP contribution in [0.25, 0.3) is 0 Å². The third-order valence-electron chi connectivity index (χ3n) is 6.55. The van der Waals surface area contributed by atoms with Crippen molar-refractivity contribution >= 4 is 40.7 Å². The van der Waals surface area contributed by atoms with Crippen LogP contribution in [0.3, 0.4) is 0 Å². The first-order valence-corrected chi connectivity index (χ1v) is 12.8. The summed E-state index contributed by atoms with van der Waals surface area (Å²) in [5.74, 6) is 0.841. The Labute approximate surface area is 225 Å². The number of hydrogen-bond donors (Lipinski definition) is 1. The Morgan fingerprint density at radius 1 is 1.16 bits per heavy atom. The number of fused-ring (bicyclic) bond motifs is 1. The van der Waals surface area contributed by atoms with Gasteiger partial charge in [-0.3, -0.25) is 4.79 Å². The summed E-state index contributed by atoms with van der Waals surface area (Å²) in [7, 11) is 0. The van der Waals surface area contributed by atoms with Crippen LogP contribution in [0, 0.1) is 0 Å². The monoisotopic (exact) mass is 536 g/mol. The number of aliphatic hydroxyl groups excluding tert-OH is 1. The van der Waals surface area contributed by atoms with E-state index in [4.69, 9.17) is 42.8 Å². The molecule has 2 aliphatic heterocycles. The zero-order valence-corrected chi connectivity index (χ0v) is 21.6. The van der Waals surface area contributed by atoms with Crippen LogP contribution in [-0.4, -0.2) is 42.2 Å². The Balaban J connectivity index is 1.60.